The minimum absolute atomic E-state index is 0.0147. The Kier molecular flexibility index (Phi) is 6.89. The molecule has 0 bridgehead atoms. The summed E-state index contributed by atoms with van der Waals surface area (Å²) in [5, 5.41) is 13.7. The number of rotatable bonds is 8. The maximum absolute atomic E-state index is 12.4. The zero-order chi connectivity index (χ0) is 21.3. The number of nitro groups is 1. The summed E-state index contributed by atoms with van der Waals surface area (Å²) in [6, 6.07) is 24.1. The number of nitro benzene ring substituents is 1. The van der Waals surface area contributed by atoms with Crippen LogP contribution in [0.3, 0.4) is 0 Å². The molecule has 1 atom stereocenters. The van der Waals surface area contributed by atoms with Gasteiger partial charge in [0.05, 0.1) is 16.5 Å². The van der Waals surface area contributed by atoms with E-state index in [1.807, 2.05) is 60.7 Å². The SMILES string of the molecule is O=C(COC(=O)c1cccc([N+](=O)[O-])c1)N[C@@H](Cc1ccccc1)c1ccccc1. The second kappa shape index (κ2) is 9.97. The largest absolute Gasteiger partial charge is 0.452 e. The van der Waals surface area contributed by atoms with Gasteiger partial charge in [0.1, 0.15) is 0 Å². The molecule has 7 heteroatoms. The van der Waals surface area contributed by atoms with Gasteiger partial charge in [-0.1, -0.05) is 66.7 Å². The molecule has 1 N–H and O–H groups in total. The van der Waals surface area contributed by atoms with Crippen molar-refractivity contribution in [3.8, 4) is 0 Å². The molecule has 3 aromatic carbocycles. The maximum Gasteiger partial charge on any atom is 0.338 e. The van der Waals surface area contributed by atoms with Gasteiger partial charge in [0.2, 0.25) is 0 Å². The van der Waals surface area contributed by atoms with E-state index in [2.05, 4.69) is 5.32 Å². The lowest BCUT2D eigenvalue weighted by molar-refractivity contribution is -0.384. The minimum atomic E-state index is -0.798. The van der Waals surface area contributed by atoms with Crippen LogP contribution in [0.2, 0.25) is 0 Å². The Morgan fingerprint density at radius 3 is 2.27 bits per heavy atom. The summed E-state index contributed by atoms with van der Waals surface area (Å²) in [5.74, 6) is -1.26. The molecule has 1 amide bonds. The van der Waals surface area contributed by atoms with Gasteiger partial charge in [-0.3, -0.25) is 14.9 Å². The molecule has 0 fully saturated rings. The number of benzene rings is 3. The summed E-state index contributed by atoms with van der Waals surface area (Å²) in [5.41, 5.74) is 1.78. The van der Waals surface area contributed by atoms with Crippen LogP contribution in [-0.4, -0.2) is 23.4 Å². The molecule has 0 heterocycles. The van der Waals surface area contributed by atoms with Crippen LogP contribution in [0.15, 0.2) is 84.9 Å². The highest BCUT2D eigenvalue weighted by Gasteiger charge is 2.18. The van der Waals surface area contributed by atoms with Gasteiger partial charge in [-0.05, 0) is 23.6 Å². The van der Waals surface area contributed by atoms with Gasteiger partial charge in [-0.15, -0.1) is 0 Å². The predicted octanol–water partition coefficient (Wildman–Crippen LogP) is 3.85. The third kappa shape index (κ3) is 5.75. The molecule has 3 aromatic rings. The average Bonchev–Trinajstić information content (AvgIpc) is 2.78. The van der Waals surface area contributed by atoms with Gasteiger partial charge in [0.25, 0.3) is 11.6 Å². The van der Waals surface area contributed by atoms with Crippen molar-refractivity contribution in [3.63, 3.8) is 0 Å². The van der Waals surface area contributed by atoms with Crippen molar-refractivity contribution < 1.29 is 19.2 Å². The molecule has 3 rings (SSSR count). The van der Waals surface area contributed by atoms with Crippen LogP contribution in [0.1, 0.15) is 27.5 Å². The molecule has 0 aromatic heterocycles. The molecule has 152 valence electrons. The number of amides is 1. The topological polar surface area (TPSA) is 98.5 Å². The summed E-state index contributed by atoms with van der Waals surface area (Å²) in [6.45, 7) is -0.486. The average molecular weight is 404 g/mol. The Balaban J connectivity index is 1.63. The number of carbonyl (C=O) groups is 2. The summed E-state index contributed by atoms with van der Waals surface area (Å²) in [7, 11) is 0. The first-order chi connectivity index (χ1) is 14.5. The van der Waals surface area contributed by atoms with E-state index < -0.39 is 23.4 Å². The first kappa shape index (κ1) is 20.7. The Hall–Kier alpha value is -4.00. The number of nitrogens with zero attached hydrogens (tertiary/aromatic N) is 1. The van der Waals surface area contributed by atoms with Crippen molar-refractivity contribution in [2.75, 3.05) is 6.61 Å². The molecule has 0 radical (unpaired) electrons. The van der Waals surface area contributed by atoms with Gasteiger partial charge < -0.3 is 10.1 Å². The van der Waals surface area contributed by atoms with Gasteiger partial charge in [0.15, 0.2) is 6.61 Å². The highest BCUT2D eigenvalue weighted by atomic mass is 16.6. The standard InChI is InChI=1S/C23H20N2O5/c26-22(16-30-23(27)19-12-7-13-20(15-19)25(28)29)24-21(18-10-5-2-6-11-18)14-17-8-3-1-4-9-17/h1-13,15,21H,14,16H2,(H,24,26)/t21-/m0/s1. The number of carbonyl (C=O) groups excluding carboxylic acids is 2. The van der Waals surface area contributed by atoms with E-state index >= 15 is 0 Å². The third-order valence-corrected chi connectivity index (χ3v) is 4.45. The predicted molar refractivity (Wildman–Crippen MR) is 111 cm³/mol. The summed E-state index contributed by atoms with van der Waals surface area (Å²) in [4.78, 5) is 34.8. The molecule has 0 saturated carbocycles. The number of non-ortho nitro benzene ring substituents is 1. The normalized spacial score (nSPS) is 11.3. The lowest BCUT2D eigenvalue weighted by Gasteiger charge is -2.19. The van der Waals surface area contributed by atoms with Crippen LogP contribution in [0, 0.1) is 10.1 Å². The van der Waals surface area contributed by atoms with Crippen LogP contribution in [0.5, 0.6) is 0 Å². The van der Waals surface area contributed by atoms with Crippen molar-refractivity contribution in [2.24, 2.45) is 0 Å². The van der Waals surface area contributed by atoms with Crippen LogP contribution in [0.4, 0.5) is 5.69 Å². The monoisotopic (exact) mass is 404 g/mol. The zero-order valence-electron chi connectivity index (χ0n) is 16.1. The van der Waals surface area contributed by atoms with E-state index in [4.69, 9.17) is 4.74 Å². The maximum atomic E-state index is 12.4. The molecule has 0 saturated heterocycles. The second-order valence-corrected chi connectivity index (χ2v) is 6.60. The van der Waals surface area contributed by atoms with E-state index in [-0.39, 0.29) is 17.3 Å². The Labute approximate surface area is 173 Å². The number of hydrogen-bond donors (Lipinski definition) is 1. The molecule has 0 aliphatic rings. The van der Waals surface area contributed by atoms with Crippen molar-refractivity contribution in [1.29, 1.82) is 0 Å². The third-order valence-electron chi connectivity index (χ3n) is 4.45. The fourth-order valence-corrected chi connectivity index (χ4v) is 2.98. The fourth-order valence-electron chi connectivity index (χ4n) is 2.98. The number of esters is 1. The zero-order valence-corrected chi connectivity index (χ0v) is 16.1. The molecule has 30 heavy (non-hydrogen) atoms. The lowest BCUT2D eigenvalue weighted by Crippen LogP contribution is -2.33. The van der Waals surface area contributed by atoms with Crippen molar-refractivity contribution >= 4 is 17.6 Å². The number of nitrogens with one attached hydrogen (secondary N) is 1. The summed E-state index contributed by atoms with van der Waals surface area (Å²) in [6.07, 6.45) is 0.579. The smallest absolute Gasteiger partial charge is 0.338 e. The highest BCUT2D eigenvalue weighted by molar-refractivity contribution is 5.92. The quantitative estimate of drug-likeness (QED) is 0.349. The number of hydrogen-bond acceptors (Lipinski definition) is 5. The van der Waals surface area contributed by atoms with E-state index in [9.17, 15) is 19.7 Å². The van der Waals surface area contributed by atoms with E-state index in [1.165, 1.54) is 18.2 Å². The van der Waals surface area contributed by atoms with Crippen LogP contribution in [-0.2, 0) is 16.0 Å². The molecular weight excluding hydrogens is 384 g/mol. The second-order valence-electron chi connectivity index (χ2n) is 6.60. The van der Waals surface area contributed by atoms with Gasteiger partial charge in [-0.2, -0.15) is 0 Å². The first-order valence-electron chi connectivity index (χ1n) is 9.33. The van der Waals surface area contributed by atoms with Crippen LogP contribution >= 0.6 is 0 Å². The van der Waals surface area contributed by atoms with E-state index in [0.29, 0.717) is 6.42 Å². The van der Waals surface area contributed by atoms with Crippen LogP contribution < -0.4 is 5.32 Å². The molecule has 0 spiro atoms. The Morgan fingerprint density at radius 1 is 0.933 bits per heavy atom. The van der Waals surface area contributed by atoms with Crippen molar-refractivity contribution in [2.45, 2.75) is 12.5 Å². The lowest BCUT2D eigenvalue weighted by atomic mass is 9.99. The molecule has 0 aliphatic carbocycles. The summed E-state index contributed by atoms with van der Waals surface area (Å²) >= 11 is 0. The Morgan fingerprint density at radius 2 is 1.60 bits per heavy atom. The van der Waals surface area contributed by atoms with Crippen molar-refractivity contribution in [3.05, 3.63) is 112 Å². The molecule has 0 unspecified atom stereocenters. The molecular formula is C23H20N2O5. The summed E-state index contributed by atoms with van der Waals surface area (Å²) < 4.78 is 5.04. The fraction of sp³-hybridized carbons (Fsp3) is 0.130. The van der Waals surface area contributed by atoms with E-state index in [1.54, 1.807) is 0 Å². The highest BCUT2D eigenvalue weighted by Crippen LogP contribution is 2.18. The van der Waals surface area contributed by atoms with Gasteiger partial charge in [-0.25, -0.2) is 4.79 Å². The molecule has 0 aliphatic heterocycles. The first-order valence-corrected chi connectivity index (χ1v) is 9.33. The number of ether oxygens (including phenoxy) is 1. The molecule has 7 nitrogen and oxygen atoms in total. The Bertz CT molecular complexity index is 1020. The van der Waals surface area contributed by atoms with E-state index in [0.717, 1.165) is 17.2 Å². The minimum Gasteiger partial charge on any atom is -0.452 e. The van der Waals surface area contributed by atoms with Crippen LogP contribution in [0.25, 0.3) is 0 Å². The van der Waals surface area contributed by atoms with Crippen molar-refractivity contribution in [1.82, 2.24) is 5.32 Å². The van der Waals surface area contributed by atoms with Gasteiger partial charge in [0, 0.05) is 12.1 Å². The van der Waals surface area contributed by atoms with Gasteiger partial charge >= 0.3 is 5.97 Å².